The van der Waals surface area contributed by atoms with E-state index in [1.54, 1.807) is 6.07 Å². The van der Waals surface area contributed by atoms with E-state index in [1.165, 1.54) is 11.8 Å². The Labute approximate surface area is 120 Å². The van der Waals surface area contributed by atoms with Gasteiger partial charge in [-0.3, -0.25) is 4.68 Å². The average molecular weight is 299 g/mol. The van der Waals surface area contributed by atoms with Gasteiger partial charge in [0.2, 0.25) is 0 Å². The fraction of sp³-hybridized carbons (Fsp3) is 0.357. The maximum atomic E-state index is 12.6. The van der Waals surface area contributed by atoms with Crippen LogP contribution in [0.15, 0.2) is 30.6 Å². The zero-order valence-electron chi connectivity index (χ0n) is 11.7. The molecule has 1 unspecified atom stereocenters. The standard InChI is InChI=1S/C14H16F3N3O/c1-9(18)10-3-4-13(21-2)11(5-10)7-20-8-12(6-19-20)14(15,16)17/h3-6,8-9H,7,18H2,1-2H3. The third kappa shape index (κ3) is 3.55. The minimum Gasteiger partial charge on any atom is -0.496 e. The van der Waals surface area contributed by atoms with Crippen LogP contribution in [0.1, 0.15) is 29.7 Å². The quantitative estimate of drug-likeness (QED) is 0.944. The summed E-state index contributed by atoms with van der Waals surface area (Å²) >= 11 is 0. The van der Waals surface area contributed by atoms with Gasteiger partial charge in [-0.25, -0.2) is 0 Å². The summed E-state index contributed by atoms with van der Waals surface area (Å²) in [7, 11) is 1.51. The number of methoxy groups -OCH3 is 1. The number of nitrogens with two attached hydrogens (primary N) is 1. The lowest BCUT2D eigenvalue weighted by Crippen LogP contribution is -2.08. The van der Waals surface area contributed by atoms with Crippen molar-refractivity contribution in [1.29, 1.82) is 0 Å². The molecule has 0 fully saturated rings. The van der Waals surface area contributed by atoms with Crippen LogP contribution in [0, 0.1) is 0 Å². The Morgan fingerprint density at radius 1 is 1.38 bits per heavy atom. The summed E-state index contributed by atoms with van der Waals surface area (Å²) < 4.78 is 44.1. The third-order valence-electron chi connectivity index (χ3n) is 3.12. The molecule has 1 heterocycles. The number of aromatic nitrogens is 2. The van der Waals surface area contributed by atoms with Gasteiger partial charge in [0.1, 0.15) is 5.75 Å². The molecule has 1 atom stereocenters. The zero-order chi connectivity index (χ0) is 15.6. The molecular weight excluding hydrogens is 283 g/mol. The van der Waals surface area contributed by atoms with Gasteiger partial charge in [0.15, 0.2) is 0 Å². The first-order valence-electron chi connectivity index (χ1n) is 6.33. The molecule has 0 saturated heterocycles. The molecule has 0 aliphatic rings. The molecule has 114 valence electrons. The van der Waals surface area contributed by atoms with Crippen molar-refractivity contribution in [2.75, 3.05) is 7.11 Å². The van der Waals surface area contributed by atoms with Crippen molar-refractivity contribution < 1.29 is 17.9 Å². The highest BCUT2D eigenvalue weighted by molar-refractivity contribution is 5.38. The Hall–Kier alpha value is -2.02. The Balaban J connectivity index is 2.29. The summed E-state index contributed by atoms with van der Waals surface area (Å²) in [6, 6.07) is 5.23. The number of rotatable bonds is 4. The van der Waals surface area contributed by atoms with Gasteiger partial charge in [0.05, 0.1) is 25.4 Å². The van der Waals surface area contributed by atoms with E-state index in [0.717, 1.165) is 23.5 Å². The monoisotopic (exact) mass is 299 g/mol. The van der Waals surface area contributed by atoms with Crippen molar-refractivity contribution >= 4 is 0 Å². The number of halogens is 3. The summed E-state index contributed by atoms with van der Waals surface area (Å²) in [6.45, 7) is 2.01. The minimum absolute atomic E-state index is 0.169. The molecule has 0 radical (unpaired) electrons. The van der Waals surface area contributed by atoms with Crippen molar-refractivity contribution in [1.82, 2.24) is 9.78 Å². The van der Waals surface area contributed by atoms with Gasteiger partial charge in [0, 0.05) is 17.8 Å². The lowest BCUT2D eigenvalue weighted by molar-refractivity contribution is -0.137. The molecule has 7 heteroatoms. The second-order valence-corrected chi connectivity index (χ2v) is 4.78. The lowest BCUT2D eigenvalue weighted by atomic mass is 10.0. The van der Waals surface area contributed by atoms with Gasteiger partial charge in [-0.05, 0) is 24.6 Å². The molecule has 0 amide bonds. The zero-order valence-corrected chi connectivity index (χ0v) is 11.7. The fourth-order valence-electron chi connectivity index (χ4n) is 1.98. The highest BCUT2D eigenvalue weighted by atomic mass is 19.4. The van der Waals surface area contributed by atoms with E-state index in [4.69, 9.17) is 10.5 Å². The lowest BCUT2D eigenvalue weighted by Gasteiger charge is -2.13. The van der Waals surface area contributed by atoms with Gasteiger partial charge >= 0.3 is 6.18 Å². The molecule has 2 N–H and O–H groups in total. The molecule has 0 bridgehead atoms. The first-order valence-corrected chi connectivity index (χ1v) is 6.33. The van der Waals surface area contributed by atoms with Gasteiger partial charge in [-0.2, -0.15) is 18.3 Å². The second kappa shape index (κ2) is 5.77. The van der Waals surface area contributed by atoms with E-state index in [1.807, 2.05) is 19.1 Å². The summed E-state index contributed by atoms with van der Waals surface area (Å²) in [5.74, 6) is 0.587. The van der Waals surface area contributed by atoms with Gasteiger partial charge in [-0.1, -0.05) is 6.07 Å². The van der Waals surface area contributed by atoms with Crippen molar-refractivity contribution in [3.05, 3.63) is 47.3 Å². The molecule has 0 aliphatic carbocycles. The molecule has 1 aromatic carbocycles. The van der Waals surface area contributed by atoms with Gasteiger partial charge < -0.3 is 10.5 Å². The largest absolute Gasteiger partial charge is 0.496 e. The van der Waals surface area contributed by atoms with E-state index in [2.05, 4.69) is 5.10 Å². The smallest absolute Gasteiger partial charge is 0.419 e. The number of hydrogen-bond acceptors (Lipinski definition) is 3. The number of alkyl halides is 3. The van der Waals surface area contributed by atoms with Crippen LogP contribution in [-0.4, -0.2) is 16.9 Å². The van der Waals surface area contributed by atoms with Crippen molar-refractivity contribution in [3.63, 3.8) is 0 Å². The molecule has 1 aromatic heterocycles. The van der Waals surface area contributed by atoms with E-state index < -0.39 is 11.7 Å². The van der Waals surface area contributed by atoms with E-state index in [-0.39, 0.29) is 12.6 Å². The van der Waals surface area contributed by atoms with Gasteiger partial charge in [-0.15, -0.1) is 0 Å². The Morgan fingerprint density at radius 3 is 2.62 bits per heavy atom. The molecule has 4 nitrogen and oxygen atoms in total. The topological polar surface area (TPSA) is 53.1 Å². The van der Waals surface area contributed by atoms with Crippen LogP contribution in [0.4, 0.5) is 13.2 Å². The highest BCUT2D eigenvalue weighted by Crippen LogP contribution is 2.29. The molecule has 0 aliphatic heterocycles. The van der Waals surface area contributed by atoms with E-state index in [9.17, 15) is 13.2 Å². The van der Waals surface area contributed by atoms with Crippen LogP contribution in [0.3, 0.4) is 0 Å². The van der Waals surface area contributed by atoms with Crippen LogP contribution in [0.25, 0.3) is 0 Å². The van der Waals surface area contributed by atoms with Gasteiger partial charge in [0.25, 0.3) is 0 Å². The van der Waals surface area contributed by atoms with Crippen LogP contribution in [-0.2, 0) is 12.7 Å². The average Bonchev–Trinajstić information content (AvgIpc) is 2.87. The molecular formula is C14H16F3N3O. The number of ether oxygens (including phenoxy) is 1. The van der Waals surface area contributed by atoms with Crippen molar-refractivity contribution in [2.45, 2.75) is 25.7 Å². The molecule has 0 spiro atoms. The van der Waals surface area contributed by atoms with Crippen LogP contribution in [0.5, 0.6) is 5.75 Å². The predicted molar refractivity (Wildman–Crippen MR) is 71.9 cm³/mol. The SMILES string of the molecule is COc1ccc(C(C)N)cc1Cn1cc(C(F)(F)F)cn1. The third-order valence-corrected chi connectivity index (χ3v) is 3.12. The molecule has 21 heavy (non-hydrogen) atoms. The fourth-order valence-corrected chi connectivity index (χ4v) is 1.98. The maximum Gasteiger partial charge on any atom is 0.419 e. The minimum atomic E-state index is -4.39. The Bertz CT molecular complexity index is 620. The van der Waals surface area contributed by atoms with Crippen LogP contribution >= 0.6 is 0 Å². The van der Waals surface area contributed by atoms with E-state index in [0.29, 0.717) is 5.75 Å². The van der Waals surface area contributed by atoms with Crippen LogP contribution in [0.2, 0.25) is 0 Å². The first kappa shape index (κ1) is 15.4. The van der Waals surface area contributed by atoms with E-state index >= 15 is 0 Å². The molecule has 2 rings (SSSR count). The Kier molecular flexibility index (Phi) is 4.22. The van der Waals surface area contributed by atoms with Crippen molar-refractivity contribution in [2.24, 2.45) is 5.73 Å². The first-order chi connectivity index (χ1) is 9.81. The molecule has 0 saturated carbocycles. The summed E-state index contributed by atoms with van der Waals surface area (Å²) in [5.41, 5.74) is 6.65. The summed E-state index contributed by atoms with van der Waals surface area (Å²) in [4.78, 5) is 0. The number of nitrogens with zero attached hydrogens (tertiary/aromatic N) is 2. The predicted octanol–water partition coefficient (Wildman–Crippen LogP) is 2.98. The normalized spacial score (nSPS) is 13.2. The maximum absolute atomic E-state index is 12.6. The summed E-state index contributed by atoms with van der Waals surface area (Å²) in [5, 5.41) is 3.74. The number of hydrogen-bond donors (Lipinski definition) is 1. The summed E-state index contributed by atoms with van der Waals surface area (Å²) in [6.07, 6.45) is -2.62. The Morgan fingerprint density at radius 2 is 2.10 bits per heavy atom. The van der Waals surface area contributed by atoms with Crippen LogP contribution < -0.4 is 10.5 Å². The second-order valence-electron chi connectivity index (χ2n) is 4.78. The molecule has 2 aromatic rings. The van der Waals surface area contributed by atoms with Crippen molar-refractivity contribution in [3.8, 4) is 5.75 Å². The highest BCUT2D eigenvalue weighted by Gasteiger charge is 2.32. The number of benzene rings is 1.